The molecule has 0 atom stereocenters. The van der Waals surface area contributed by atoms with Crippen LogP contribution in [0.2, 0.25) is 0 Å². The van der Waals surface area contributed by atoms with E-state index in [4.69, 9.17) is 4.74 Å². The number of nitrogens with zero attached hydrogens (tertiary/aromatic N) is 3. The maximum absolute atomic E-state index is 12.4. The molecule has 5 nitrogen and oxygen atoms in total. The maximum atomic E-state index is 12.4. The van der Waals surface area contributed by atoms with Gasteiger partial charge in [0.1, 0.15) is 5.75 Å². The molecule has 5 heteroatoms. The summed E-state index contributed by atoms with van der Waals surface area (Å²) in [6, 6.07) is 7.44. The van der Waals surface area contributed by atoms with Crippen LogP contribution in [-0.2, 0) is 0 Å². The van der Waals surface area contributed by atoms with E-state index in [2.05, 4.69) is 9.97 Å². The Balaban J connectivity index is 1.48. The van der Waals surface area contributed by atoms with Crippen molar-refractivity contribution in [3.8, 4) is 5.75 Å². The van der Waals surface area contributed by atoms with Crippen LogP contribution in [0.25, 0.3) is 0 Å². The predicted molar refractivity (Wildman–Crippen MR) is 87.3 cm³/mol. The third kappa shape index (κ3) is 4.06. The van der Waals surface area contributed by atoms with Crippen LogP contribution < -0.4 is 4.74 Å². The lowest BCUT2D eigenvalue weighted by atomic mass is 9.97. The van der Waals surface area contributed by atoms with Crippen LogP contribution in [-0.4, -0.2) is 40.5 Å². The minimum atomic E-state index is 0.0715. The smallest absolute Gasteiger partial charge is 0.255 e. The van der Waals surface area contributed by atoms with E-state index in [9.17, 15) is 4.79 Å². The Morgan fingerprint density at radius 1 is 1.30 bits per heavy atom. The van der Waals surface area contributed by atoms with E-state index in [1.165, 1.54) is 0 Å². The number of hydrogen-bond donors (Lipinski definition) is 0. The second-order valence-electron chi connectivity index (χ2n) is 5.92. The van der Waals surface area contributed by atoms with Crippen LogP contribution >= 0.6 is 0 Å². The summed E-state index contributed by atoms with van der Waals surface area (Å²) in [6.45, 7) is 4.20. The second-order valence-corrected chi connectivity index (χ2v) is 5.92. The number of likely N-dealkylation sites (tertiary alicyclic amines) is 1. The molecule has 2 aromatic heterocycles. The summed E-state index contributed by atoms with van der Waals surface area (Å²) >= 11 is 0. The molecule has 1 aliphatic rings. The number of aryl methyl sites for hydroxylation is 1. The molecule has 0 saturated carbocycles. The van der Waals surface area contributed by atoms with Crippen molar-refractivity contribution >= 4 is 5.91 Å². The molecule has 1 saturated heterocycles. The van der Waals surface area contributed by atoms with Gasteiger partial charge in [-0.15, -0.1) is 0 Å². The quantitative estimate of drug-likeness (QED) is 0.871. The van der Waals surface area contributed by atoms with E-state index >= 15 is 0 Å². The molecule has 120 valence electrons. The fraction of sp³-hybridized carbons (Fsp3) is 0.389. The highest BCUT2D eigenvalue weighted by Crippen LogP contribution is 2.20. The van der Waals surface area contributed by atoms with Crippen molar-refractivity contribution in [1.82, 2.24) is 14.9 Å². The fourth-order valence-corrected chi connectivity index (χ4v) is 2.80. The number of carbonyl (C=O) groups excluding carboxylic acids is 1. The third-order valence-electron chi connectivity index (χ3n) is 4.16. The molecule has 1 fully saturated rings. The van der Waals surface area contributed by atoms with Gasteiger partial charge in [-0.1, -0.05) is 0 Å². The van der Waals surface area contributed by atoms with Crippen LogP contribution in [0.5, 0.6) is 5.75 Å². The Morgan fingerprint density at radius 3 is 2.83 bits per heavy atom. The van der Waals surface area contributed by atoms with Crippen LogP contribution in [0.3, 0.4) is 0 Å². The zero-order valence-electron chi connectivity index (χ0n) is 13.3. The lowest BCUT2D eigenvalue weighted by molar-refractivity contribution is 0.0660. The van der Waals surface area contributed by atoms with Crippen molar-refractivity contribution in [3.63, 3.8) is 0 Å². The highest BCUT2D eigenvalue weighted by Gasteiger charge is 2.24. The van der Waals surface area contributed by atoms with E-state index < -0.39 is 0 Å². The maximum Gasteiger partial charge on any atom is 0.255 e. The van der Waals surface area contributed by atoms with E-state index in [-0.39, 0.29) is 5.91 Å². The highest BCUT2D eigenvalue weighted by molar-refractivity contribution is 5.93. The molecule has 0 unspecified atom stereocenters. The lowest BCUT2D eigenvalue weighted by Crippen LogP contribution is -2.39. The lowest BCUT2D eigenvalue weighted by Gasteiger charge is -2.31. The molecule has 1 aliphatic heterocycles. The zero-order valence-corrected chi connectivity index (χ0v) is 13.3. The number of aromatic nitrogens is 2. The Hall–Kier alpha value is -2.43. The Kier molecular flexibility index (Phi) is 4.86. The van der Waals surface area contributed by atoms with E-state index in [0.29, 0.717) is 18.1 Å². The zero-order chi connectivity index (χ0) is 16.1. The van der Waals surface area contributed by atoms with Gasteiger partial charge in [-0.05, 0) is 43.9 Å². The van der Waals surface area contributed by atoms with Gasteiger partial charge >= 0.3 is 0 Å². The summed E-state index contributed by atoms with van der Waals surface area (Å²) in [5, 5.41) is 0. The van der Waals surface area contributed by atoms with Crippen molar-refractivity contribution in [3.05, 3.63) is 54.1 Å². The van der Waals surface area contributed by atoms with Gasteiger partial charge < -0.3 is 9.64 Å². The largest absolute Gasteiger partial charge is 0.493 e. The normalized spacial score (nSPS) is 15.4. The summed E-state index contributed by atoms with van der Waals surface area (Å²) in [6.07, 6.45) is 7.01. The number of rotatable bonds is 4. The molecular weight excluding hydrogens is 290 g/mol. The molecule has 0 radical (unpaired) electrons. The SMILES string of the molecule is Cc1cc(OCC2CCN(C(=O)c3cccnc3)CC2)ccn1. The molecule has 0 aromatic carbocycles. The molecule has 0 spiro atoms. The number of amides is 1. The minimum Gasteiger partial charge on any atom is -0.493 e. The average Bonchev–Trinajstić information content (AvgIpc) is 2.61. The van der Waals surface area contributed by atoms with Crippen LogP contribution in [0.1, 0.15) is 28.9 Å². The first-order valence-corrected chi connectivity index (χ1v) is 7.97. The first-order valence-electron chi connectivity index (χ1n) is 7.97. The van der Waals surface area contributed by atoms with Crippen molar-refractivity contribution < 1.29 is 9.53 Å². The summed E-state index contributed by atoms with van der Waals surface area (Å²) < 4.78 is 5.85. The summed E-state index contributed by atoms with van der Waals surface area (Å²) in [5.41, 5.74) is 1.62. The molecule has 3 rings (SSSR count). The monoisotopic (exact) mass is 311 g/mol. The molecule has 0 N–H and O–H groups in total. The fourth-order valence-electron chi connectivity index (χ4n) is 2.80. The summed E-state index contributed by atoms with van der Waals surface area (Å²) in [7, 11) is 0. The van der Waals surface area contributed by atoms with Crippen molar-refractivity contribution in [2.75, 3.05) is 19.7 Å². The minimum absolute atomic E-state index is 0.0715. The molecule has 0 bridgehead atoms. The van der Waals surface area contributed by atoms with Gasteiger partial charge in [-0.25, -0.2) is 0 Å². The van der Waals surface area contributed by atoms with E-state index in [0.717, 1.165) is 37.4 Å². The predicted octanol–water partition coefficient (Wildman–Crippen LogP) is 2.72. The van der Waals surface area contributed by atoms with E-state index in [1.54, 1.807) is 24.7 Å². The topological polar surface area (TPSA) is 55.3 Å². The first-order chi connectivity index (χ1) is 11.2. The first kappa shape index (κ1) is 15.5. The molecule has 3 heterocycles. The number of ether oxygens (including phenoxy) is 1. The Morgan fingerprint density at radius 2 is 2.13 bits per heavy atom. The average molecular weight is 311 g/mol. The van der Waals surface area contributed by atoms with Crippen LogP contribution in [0.15, 0.2) is 42.9 Å². The van der Waals surface area contributed by atoms with Gasteiger partial charge in [0.2, 0.25) is 0 Å². The van der Waals surface area contributed by atoms with Gasteiger partial charge in [0.25, 0.3) is 5.91 Å². The van der Waals surface area contributed by atoms with Crippen molar-refractivity contribution in [2.24, 2.45) is 5.92 Å². The van der Waals surface area contributed by atoms with Gasteiger partial charge in [0.05, 0.1) is 12.2 Å². The van der Waals surface area contributed by atoms with E-state index in [1.807, 2.05) is 30.0 Å². The third-order valence-corrected chi connectivity index (χ3v) is 4.16. The number of carbonyl (C=O) groups is 1. The van der Waals surface area contributed by atoms with Gasteiger partial charge in [-0.3, -0.25) is 14.8 Å². The van der Waals surface area contributed by atoms with Crippen LogP contribution in [0, 0.1) is 12.8 Å². The molecule has 0 aliphatic carbocycles. The summed E-state index contributed by atoms with van der Waals surface area (Å²) in [5.74, 6) is 1.43. The molecular formula is C18H21N3O2. The van der Waals surface area contributed by atoms with Crippen LogP contribution in [0.4, 0.5) is 0 Å². The second kappa shape index (κ2) is 7.22. The Bertz CT molecular complexity index is 652. The van der Waals surface area contributed by atoms with Gasteiger partial charge in [-0.2, -0.15) is 0 Å². The molecule has 23 heavy (non-hydrogen) atoms. The van der Waals surface area contributed by atoms with Crippen molar-refractivity contribution in [1.29, 1.82) is 0 Å². The summed E-state index contributed by atoms with van der Waals surface area (Å²) in [4.78, 5) is 22.5. The standard InChI is InChI=1S/C18H21N3O2/c1-14-11-17(4-8-20-14)23-13-15-5-9-21(10-6-15)18(22)16-3-2-7-19-12-16/h2-4,7-8,11-12,15H,5-6,9-10,13H2,1H3. The van der Waals surface area contributed by atoms with Gasteiger partial charge in [0, 0.05) is 43.4 Å². The number of hydrogen-bond acceptors (Lipinski definition) is 4. The molecule has 1 amide bonds. The number of piperidine rings is 1. The highest BCUT2D eigenvalue weighted by atomic mass is 16.5. The van der Waals surface area contributed by atoms with Gasteiger partial charge in [0.15, 0.2) is 0 Å². The molecule has 2 aromatic rings. The Labute approximate surface area is 136 Å². The number of pyridine rings is 2. The van der Waals surface area contributed by atoms with Crippen molar-refractivity contribution in [2.45, 2.75) is 19.8 Å².